The van der Waals surface area contributed by atoms with E-state index >= 15 is 0 Å². The van der Waals surface area contributed by atoms with Crippen LogP contribution in [0.3, 0.4) is 0 Å². The third-order valence-corrected chi connectivity index (χ3v) is 4.98. The van der Waals surface area contributed by atoms with Crippen LogP contribution < -0.4 is 10.1 Å². The Morgan fingerprint density at radius 3 is 2.83 bits per heavy atom. The molecule has 1 aliphatic carbocycles. The molecule has 4 heteroatoms. The highest BCUT2D eigenvalue weighted by molar-refractivity contribution is 5.86. The van der Waals surface area contributed by atoms with E-state index in [1.807, 2.05) is 12.1 Å². The molecule has 2 N–H and O–H groups in total. The van der Waals surface area contributed by atoms with Crippen LogP contribution in [-0.2, 0) is 11.2 Å². The van der Waals surface area contributed by atoms with Crippen LogP contribution in [0, 0.1) is 12.8 Å². The van der Waals surface area contributed by atoms with E-state index in [0.29, 0.717) is 6.54 Å². The Morgan fingerprint density at radius 1 is 1.30 bits per heavy atom. The minimum Gasteiger partial charge on any atom is -0.497 e. The van der Waals surface area contributed by atoms with Gasteiger partial charge in [0, 0.05) is 29.1 Å². The number of ether oxygens (including phenoxy) is 1. The van der Waals surface area contributed by atoms with Crippen molar-refractivity contribution in [3.8, 4) is 5.75 Å². The number of rotatable bonds is 5. The number of aromatic nitrogens is 1. The number of hydrogen-bond donors (Lipinski definition) is 2. The Balaban J connectivity index is 1.64. The van der Waals surface area contributed by atoms with Crippen molar-refractivity contribution < 1.29 is 9.53 Å². The number of carbonyl (C=O) groups excluding carboxylic acids is 1. The summed E-state index contributed by atoms with van der Waals surface area (Å²) in [5, 5.41) is 4.32. The molecule has 0 radical (unpaired) electrons. The highest BCUT2D eigenvalue weighted by atomic mass is 16.5. The number of aryl methyl sites for hydroxylation is 1. The predicted octanol–water partition coefficient (Wildman–Crippen LogP) is 3.72. The van der Waals surface area contributed by atoms with Gasteiger partial charge in [-0.2, -0.15) is 0 Å². The van der Waals surface area contributed by atoms with Gasteiger partial charge in [-0.3, -0.25) is 4.79 Å². The quantitative estimate of drug-likeness (QED) is 0.883. The van der Waals surface area contributed by atoms with E-state index in [1.54, 1.807) is 7.11 Å². The molecule has 23 heavy (non-hydrogen) atoms. The van der Waals surface area contributed by atoms with Crippen molar-refractivity contribution in [1.29, 1.82) is 0 Å². The molecule has 1 aliphatic rings. The first-order valence-electron chi connectivity index (χ1n) is 8.62. The zero-order valence-electron chi connectivity index (χ0n) is 14.1. The van der Waals surface area contributed by atoms with E-state index in [9.17, 15) is 4.79 Å². The van der Waals surface area contributed by atoms with Gasteiger partial charge >= 0.3 is 0 Å². The van der Waals surface area contributed by atoms with Gasteiger partial charge in [-0.25, -0.2) is 0 Å². The van der Waals surface area contributed by atoms with Crippen molar-refractivity contribution >= 4 is 16.8 Å². The summed E-state index contributed by atoms with van der Waals surface area (Å²) in [7, 11) is 1.69. The van der Waals surface area contributed by atoms with Crippen molar-refractivity contribution in [2.45, 2.75) is 45.4 Å². The molecule has 0 aliphatic heterocycles. The fourth-order valence-electron chi connectivity index (χ4n) is 3.63. The highest BCUT2D eigenvalue weighted by Gasteiger charge is 2.20. The molecule has 1 aromatic heterocycles. The summed E-state index contributed by atoms with van der Waals surface area (Å²) in [6.45, 7) is 2.78. The number of amides is 1. The van der Waals surface area contributed by atoms with Crippen LogP contribution in [0.2, 0.25) is 0 Å². The SMILES string of the molecule is COc1ccc2[nH]c(C)c(CCNC(=O)C3CCCCC3)c2c1. The van der Waals surface area contributed by atoms with Crippen molar-refractivity contribution in [1.82, 2.24) is 10.3 Å². The molecule has 0 bridgehead atoms. The largest absolute Gasteiger partial charge is 0.497 e. The lowest BCUT2D eigenvalue weighted by Gasteiger charge is -2.20. The van der Waals surface area contributed by atoms with E-state index in [4.69, 9.17) is 4.74 Å². The van der Waals surface area contributed by atoms with Gasteiger partial charge in [0.2, 0.25) is 5.91 Å². The zero-order chi connectivity index (χ0) is 16.2. The maximum Gasteiger partial charge on any atom is 0.223 e. The van der Waals surface area contributed by atoms with Crippen LogP contribution in [-0.4, -0.2) is 24.5 Å². The normalized spacial score (nSPS) is 15.7. The van der Waals surface area contributed by atoms with E-state index in [1.165, 1.54) is 35.9 Å². The number of aromatic amines is 1. The van der Waals surface area contributed by atoms with E-state index in [0.717, 1.165) is 30.5 Å². The smallest absolute Gasteiger partial charge is 0.223 e. The van der Waals surface area contributed by atoms with Gasteiger partial charge in [0.05, 0.1) is 7.11 Å². The van der Waals surface area contributed by atoms with Crippen molar-refractivity contribution in [2.75, 3.05) is 13.7 Å². The van der Waals surface area contributed by atoms with E-state index in [2.05, 4.69) is 23.3 Å². The van der Waals surface area contributed by atoms with Crippen molar-refractivity contribution in [3.05, 3.63) is 29.5 Å². The Bertz CT molecular complexity index is 684. The second-order valence-electron chi connectivity index (χ2n) is 6.52. The van der Waals surface area contributed by atoms with Gasteiger partial charge in [-0.05, 0) is 49.9 Å². The number of hydrogen-bond acceptors (Lipinski definition) is 2. The summed E-state index contributed by atoms with van der Waals surface area (Å²) >= 11 is 0. The summed E-state index contributed by atoms with van der Waals surface area (Å²) in [5.74, 6) is 1.33. The number of carbonyl (C=O) groups is 1. The van der Waals surface area contributed by atoms with Crippen LogP contribution in [0.5, 0.6) is 5.75 Å². The molecule has 1 heterocycles. The van der Waals surface area contributed by atoms with Gasteiger partial charge in [0.15, 0.2) is 0 Å². The number of nitrogens with one attached hydrogen (secondary N) is 2. The number of H-pyrrole nitrogens is 1. The molecule has 124 valence electrons. The summed E-state index contributed by atoms with van der Waals surface area (Å²) in [6.07, 6.45) is 6.61. The minimum atomic E-state index is 0.230. The average molecular weight is 314 g/mol. The first-order chi connectivity index (χ1) is 11.2. The molecule has 0 saturated heterocycles. The molecule has 1 amide bonds. The van der Waals surface area contributed by atoms with E-state index in [-0.39, 0.29) is 11.8 Å². The molecule has 3 rings (SSSR count). The average Bonchev–Trinajstić information content (AvgIpc) is 2.90. The molecule has 0 unspecified atom stereocenters. The molecular weight excluding hydrogens is 288 g/mol. The standard InChI is InChI=1S/C19H26N2O2/c1-13-16(17-12-15(23-2)8-9-18(17)21-13)10-11-20-19(22)14-6-4-3-5-7-14/h8-9,12,14,21H,3-7,10-11H2,1-2H3,(H,20,22). The van der Waals surface area contributed by atoms with Crippen molar-refractivity contribution in [3.63, 3.8) is 0 Å². The summed E-state index contributed by atoms with van der Waals surface area (Å²) in [6, 6.07) is 6.08. The molecule has 1 aromatic carbocycles. The van der Waals surface area contributed by atoms with E-state index < -0.39 is 0 Å². The number of benzene rings is 1. The summed E-state index contributed by atoms with van der Waals surface area (Å²) in [5.41, 5.74) is 3.56. The Hall–Kier alpha value is -1.97. The van der Waals surface area contributed by atoms with Crippen LogP contribution >= 0.6 is 0 Å². The number of fused-ring (bicyclic) bond motifs is 1. The Kier molecular flexibility index (Phi) is 4.89. The van der Waals surface area contributed by atoms with Crippen LogP contribution in [0.1, 0.15) is 43.4 Å². The predicted molar refractivity (Wildman–Crippen MR) is 92.9 cm³/mol. The lowest BCUT2D eigenvalue weighted by molar-refractivity contribution is -0.125. The third-order valence-electron chi connectivity index (χ3n) is 4.98. The monoisotopic (exact) mass is 314 g/mol. The molecule has 0 atom stereocenters. The molecule has 1 saturated carbocycles. The zero-order valence-corrected chi connectivity index (χ0v) is 14.1. The maximum absolute atomic E-state index is 12.2. The van der Waals surface area contributed by atoms with Gasteiger partial charge in [-0.15, -0.1) is 0 Å². The summed E-state index contributed by atoms with van der Waals surface area (Å²) in [4.78, 5) is 15.6. The van der Waals surface area contributed by atoms with Gasteiger partial charge in [0.1, 0.15) is 5.75 Å². The lowest BCUT2D eigenvalue weighted by Crippen LogP contribution is -2.33. The van der Waals surface area contributed by atoms with Gasteiger partial charge in [-0.1, -0.05) is 19.3 Å². The molecular formula is C19H26N2O2. The Labute approximate surface area is 137 Å². The van der Waals surface area contributed by atoms with Crippen LogP contribution in [0.25, 0.3) is 10.9 Å². The second-order valence-corrected chi connectivity index (χ2v) is 6.52. The molecule has 0 spiro atoms. The van der Waals surface area contributed by atoms with Gasteiger partial charge < -0.3 is 15.0 Å². The number of methoxy groups -OCH3 is 1. The lowest BCUT2D eigenvalue weighted by atomic mass is 9.88. The van der Waals surface area contributed by atoms with Gasteiger partial charge in [0.25, 0.3) is 0 Å². The van der Waals surface area contributed by atoms with Crippen LogP contribution in [0.4, 0.5) is 0 Å². The van der Waals surface area contributed by atoms with Crippen molar-refractivity contribution in [2.24, 2.45) is 5.92 Å². The summed E-state index contributed by atoms with van der Waals surface area (Å²) < 4.78 is 5.32. The third kappa shape index (κ3) is 3.52. The fourth-order valence-corrected chi connectivity index (χ4v) is 3.63. The Morgan fingerprint density at radius 2 is 2.09 bits per heavy atom. The molecule has 1 fully saturated rings. The second kappa shape index (κ2) is 7.07. The first kappa shape index (κ1) is 15.9. The molecule has 2 aromatic rings. The fraction of sp³-hybridized carbons (Fsp3) is 0.526. The van der Waals surface area contributed by atoms with Crippen LogP contribution in [0.15, 0.2) is 18.2 Å². The molecule has 4 nitrogen and oxygen atoms in total. The highest BCUT2D eigenvalue weighted by Crippen LogP contribution is 2.27. The maximum atomic E-state index is 12.2. The topological polar surface area (TPSA) is 54.1 Å². The minimum absolute atomic E-state index is 0.230. The first-order valence-corrected chi connectivity index (χ1v) is 8.62.